The van der Waals surface area contributed by atoms with Crippen LogP contribution in [0, 0.1) is 23.7 Å². The lowest BCUT2D eigenvalue weighted by Gasteiger charge is -2.49. The summed E-state index contributed by atoms with van der Waals surface area (Å²) in [5.41, 5.74) is 3.48. The Morgan fingerprint density at radius 2 is 1.84 bits per heavy atom. The van der Waals surface area contributed by atoms with Gasteiger partial charge in [0, 0.05) is 35.0 Å². The molecular formula is C38H52ClN3O6S. The first-order valence-corrected chi connectivity index (χ1v) is 20.3. The summed E-state index contributed by atoms with van der Waals surface area (Å²) in [6.45, 7) is 9.97. The fraction of sp³-hybridized carbons (Fsp3) is 0.658. The van der Waals surface area contributed by atoms with E-state index < -0.39 is 21.2 Å². The number of rotatable bonds is 3. The van der Waals surface area contributed by atoms with Crippen molar-refractivity contribution in [2.24, 2.45) is 23.7 Å². The number of amides is 1. The Morgan fingerprint density at radius 3 is 2.59 bits per heavy atom. The molecule has 2 N–H and O–H groups in total. The van der Waals surface area contributed by atoms with Gasteiger partial charge in [0.05, 0.1) is 36.8 Å². The molecule has 0 unspecified atom stereocenters. The number of anilines is 1. The summed E-state index contributed by atoms with van der Waals surface area (Å²) in [6, 6.07) is 11.8. The monoisotopic (exact) mass is 713 g/mol. The average molecular weight is 714 g/mol. The number of aryl methyl sites for hydroxylation is 1. The number of ether oxygens (including phenoxy) is 3. The van der Waals surface area contributed by atoms with Gasteiger partial charge in [0.2, 0.25) is 10.0 Å². The molecule has 1 saturated heterocycles. The molecule has 3 heterocycles. The Balaban J connectivity index is 1.26. The van der Waals surface area contributed by atoms with Crippen molar-refractivity contribution in [3.63, 3.8) is 0 Å². The summed E-state index contributed by atoms with van der Waals surface area (Å²) in [5.74, 6) is 1.05. The van der Waals surface area contributed by atoms with Gasteiger partial charge in [0.25, 0.3) is 5.91 Å². The highest BCUT2D eigenvalue weighted by Crippen LogP contribution is 2.49. The molecular weight excluding hydrogens is 662 g/mol. The number of carbonyl (C=O) groups is 1. The number of benzene rings is 2. The van der Waals surface area contributed by atoms with Crippen LogP contribution in [0.2, 0.25) is 5.02 Å². The van der Waals surface area contributed by atoms with E-state index in [0.717, 1.165) is 87.5 Å². The van der Waals surface area contributed by atoms with Crippen molar-refractivity contribution >= 4 is 33.2 Å². The van der Waals surface area contributed by atoms with Gasteiger partial charge >= 0.3 is 0 Å². The first kappa shape index (κ1) is 35.1. The third-order valence-electron chi connectivity index (χ3n) is 12.3. The molecule has 11 heteroatoms. The number of nitrogens with one attached hydrogen (secondary N) is 2. The van der Waals surface area contributed by atoms with Crippen molar-refractivity contribution in [3.05, 3.63) is 58.1 Å². The molecule has 2 aromatic carbocycles. The van der Waals surface area contributed by atoms with E-state index in [2.05, 4.69) is 34.0 Å². The van der Waals surface area contributed by atoms with E-state index in [1.807, 2.05) is 25.1 Å². The Kier molecular flexibility index (Phi) is 10.3. The molecule has 49 heavy (non-hydrogen) atoms. The first-order valence-electron chi connectivity index (χ1n) is 18.4. The van der Waals surface area contributed by atoms with Crippen molar-refractivity contribution in [1.29, 1.82) is 0 Å². The number of nitrogens with zero attached hydrogens (tertiary/aromatic N) is 1. The van der Waals surface area contributed by atoms with Gasteiger partial charge in [-0.3, -0.25) is 4.79 Å². The zero-order valence-corrected chi connectivity index (χ0v) is 30.7. The van der Waals surface area contributed by atoms with Crippen LogP contribution >= 0.6 is 11.6 Å². The molecule has 1 saturated carbocycles. The minimum absolute atomic E-state index is 0.122. The largest absolute Gasteiger partial charge is 0.490 e. The van der Waals surface area contributed by atoms with E-state index in [0.29, 0.717) is 37.2 Å². The summed E-state index contributed by atoms with van der Waals surface area (Å²) in [7, 11) is -3.90. The van der Waals surface area contributed by atoms with E-state index >= 15 is 0 Å². The van der Waals surface area contributed by atoms with Gasteiger partial charge in [0.15, 0.2) is 6.29 Å². The molecule has 2 fully saturated rings. The molecule has 6 atom stereocenters. The zero-order valence-electron chi connectivity index (χ0n) is 29.1. The molecule has 5 aliphatic rings. The van der Waals surface area contributed by atoms with Crippen LogP contribution in [-0.4, -0.2) is 71.4 Å². The van der Waals surface area contributed by atoms with Gasteiger partial charge in [-0.15, -0.1) is 0 Å². The maximum absolute atomic E-state index is 13.6. The predicted molar refractivity (Wildman–Crippen MR) is 192 cm³/mol. The van der Waals surface area contributed by atoms with Crippen molar-refractivity contribution in [2.45, 2.75) is 95.1 Å². The van der Waals surface area contributed by atoms with Gasteiger partial charge in [-0.05, 0) is 118 Å². The minimum atomic E-state index is -3.90. The van der Waals surface area contributed by atoms with Gasteiger partial charge in [0.1, 0.15) is 5.75 Å². The highest BCUT2D eigenvalue weighted by molar-refractivity contribution is 7.90. The summed E-state index contributed by atoms with van der Waals surface area (Å²) >= 11 is 6.47. The summed E-state index contributed by atoms with van der Waals surface area (Å²) in [5, 5.41) is 3.48. The van der Waals surface area contributed by atoms with E-state index in [4.69, 9.17) is 25.8 Å². The van der Waals surface area contributed by atoms with Crippen LogP contribution in [0.15, 0.2) is 36.4 Å². The summed E-state index contributed by atoms with van der Waals surface area (Å²) in [6.07, 6.45) is 7.49. The van der Waals surface area contributed by atoms with Gasteiger partial charge < -0.3 is 24.4 Å². The molecule has 2 bridgehead atoms. The van der Waals surface area contributed by atoms with E-state index in [1.165, 1.54) is 11.1 Å². The molecule has 1 spiro atoms. The lowest BCUT2D eigenvalue weighted by molar-refractivity contribution is -0.232. The number of hydrogen-bond acceptors (Lipinski definition) is 8. The van der Waals surface area contributed by atoms with Crippen LogP contribution in [0.25, 0.3) is 0 Å². The molecule has 3 aliphatic heterocycles. The quantitative estimate of drug-likeness (QED) is 0.395. The SMILES string of the molecule is CCNC1COC([C@H]2CCC[C@H](C)[C@@H](C)S(=O)(=O)NC(=O)c3ccc4c(c3)N(C[C@@H]3CC[C@H]32)C[C@@]2(CCCc3cc(Cl)ccc32)CO4)OC1. The first-order chi connectivity index (χ1) is 23.6. The minimum Gasteiger partial charge on any atom is -0.490 e. The van der Waals surface area contributed by atoms with Gasteiger partial charge in [-0.1, -0.05) is 37.9 Å². The van der Waals surface area contributed by atoms with Crippen LogP contribution in [-0.2, 0) is 31.3 Å². The topological polar surface area (TPSA) is 106 Å². The number of halogens is 1. The second-order valence-electron chi connectivity index (χ2n) is 15.3. The summed E-state index contributed by atoms with van der Waals surface area (Å²) < 4.78 is 48.9. The van der Waals surface area contributed by atoms with E-state index in [9.17, 15) is 13.2 Å². The van der Waals surface area contributed by atoms with Crippen LogP contribution in [0.1, 0.15) is 87.2 Å². The molecule has 2 aromatic rings. The highest BCUT2D eigenvalue weighted by Gasteiger charge is 2.46. The van der Waals surface area contributed by atoms with Gasteiger partial charge in [-0.2, -0.15) is 0 Å². The number of hydrogen-bond donors (Lipinski definition) is 2. The maximum Gasteiger partial charge on any atom is 0.264 e. The Labute approximate surface area is 296 Å². The zero-order chi connectivity index (χ0) is 34.3. The highest BCUT2D eigenvalue weighted by atomic mass is 35.5. The van der Waals surface area contributed by atoms with Crippen LogP contribution in [0.3, 0.4) is 0 Å². The average Bonchev–Trinajstić information content (AvgIpc) is 3.22. The summed E-state index contributed by atoms with van der Waals surface area (Å²) in [4.78, 5) is 16.0. The van der Waals surface area contributed by atoms with Crippen molar-refractivity contribution < 1.29 is 27.4 Å². The third kappa shape index (κ3) is 7.10. The normalized spacial score (nSPS) is 34.8. The van der Waals surface area contributed by atoms with E-state index in [1.54, 1.807) is 13.0 Å². The van der Waals surface area contributed by atoms with Gasteiger partial charge in [-0.25, -0.2) is 13.1 Å². The molecule has 9 nitrogen and oxygen atoms in total. The smallest absolute Gasteiger partial charge is 0.264 e. The standard InChI is InChI=1S/C38H52ClN3O6S/c1-4-40-30-20-46-37(47-21-30)32-9-5-7-24(2)25(3)49(44,45)41-36(43)27-11-15-35-34(18-27)42(19-28-10-13-31(28)32)22-38(23-48-35)16-6-8-26-17-29(39)12-14-33(26)38/h11-12,14-15,17-18,24-25,28,30-32,37,40H,4-10,13,16,19-23H2,1-3H3,(H,41,43)/t24-,25+,28-,30?,31+,32-,37?,38-/m0/s1. The molecule has 0 radical (unpaired) electrons. The Bertz CT molecular complexity index is 1630. The van der Waals surface area contributed by atoms with Crippen molar-refractivity contribution in [2.75, 3.05) is 44.4 Å². The van der Waals surface area contributed by atoms with Crippen LogP contribution in [0.4, 0.5) is 5.69 Å². The van der Waals surface area contributed by atoms with Crippen LogP contribution in [0.5, 0.6) is 5.75 Å². The molecule has 0 aromatic heterocycles. The maximum atomic E-state index is 13.6. The second-order valence-corrected chi connectivity index (χ2v) is 17.8. The Hall–Kier alpha value is -2.37. The van der Waals surface area contributed by atoms with Crippen molar-refractivity contribution in [3.8, 4) is 5.75 Å². The number of sulfonamides is 1. The number of carbonyl (C=O) groups excluding carboxylic acids is 1. The Morgan fingerprint density at radius 1 is 1.02 bits per heavy atom. The lowest BCUT2D eigenvalue weighted by atomic mass is 9.64. The second kappa shape index (κ2) is 14.3. The predicted octanol–water partition coefficient (Wildman–Crippen LogP) is 6.07. The molecule has 268 valence electrons. The number of fused-ring (bicyclic) bond motifs is 4. The molecule has 1 amide bonds. The van der Waals surface area contributed by atoms with Crippen molar-refractivity contribution in [1.82, 2.24) is 10.0 Å². The fourth-order valence-electron chi connectivity index (χ4n) is 9.14. The van der Waals surface area contributed by atoms with E-state index in [-0.39, 0.29) is 29.6 Å². The molecule has 7 rings (SSSR count). The third-order valence-corrected chi connectivity index (χ3v) is 14.4. The fourth-order valence-corrected chi connectivity index (χ4v) is 10.6. The lowest BCUT2D eigenvalue weighted by Crippen LogP contribution is -2.52. The van der Waals surface area contributed by atoms with Crippen LogP contribution < -0.4 is 19.7 Å². The number of likely N-dealkylation sites (N-methyl/N-ethyl adjacent to an activating group) is 1. The molecule has 2 aliphatic carbocycles.